The summed E-state index contributed by atoms with van der Waals surface area (Å²) in [4.78, 5) is 35.1. The number of hydrogen-bond acceptors (Lipinski definition) is 5. The van der Waals surface area contributed by atoms with Crippen LogP contribution in [0.3, 0.4) is 0 Å². The van der Waals surface area contributed by atoms with Gasteiger partial charge in [-0.3, -0.25) is 9.59 Å². The van der Waals surface area contributed by atoms with Crippen LogP contribution in [-0.4, -0.2) is 44.4 Å². The number of ether oxygens (including phenoxy) is 1. The van der Waals surface area contributed by atoms with Crippen molar-refractivity contribution >= 4 is 17.6 Å². The molecule has 0 saturated carbocycles. The van der Waals surface area contributed by atoms with Gasteiger partial charge < -0.3 is 25.5 Å². The molecule has 1 aromatic rings. The topological polar surface area (TPSA) is 98.6 Å². The van der Waals surface area contributed by atoms with Crippen molar-refractivity contribution < 1.29 is 77.3 Å². The van der Waals surface area contributed by atoms with Gasteiger partial charge in [0.2, 0.25) is 5.91 Å². The van der Waals surface area contributed by atoms with Gasteiger partial charge in [0.1, 0.15) is 0 Å². The van der Waals surface area contributed by atoms with Crippen molar-refractivity contribution in [3.8, 4) is 0 Å². The van der Waals surface area contributed by atoms with Crippen molar-refractivity contribution in [2.24, 2.45) is 0 Å². The van der Waals surface area contributed by atoms with Crippen LogP contribution in [0.5, 0.6) is 0 Å². The first kappa shape index (κ1) is 29.1. The normalized spacial score (nSPS) is 10.7. The van der Waals surface area contributed by atoms with Crippen LogP contribution in [0, 0.1) is 0 Å². The summed E-state index contributed by atoms with van der Waals surface area (Å²) in [7, 11) is 1.77. The molecule has 0 saturated heterocycles. The van der Waals surface area contributed by atoms with Crippen LogP contribution in [0.2, 0.25) is 0 Å². The van der Waals surface area contributed by atoms with E-state index in [0.717, 1.165) is 23.2 Å². The Morgan fingerprint density at radius 1 is 1.13 bits per heavy atom. The molecule has 0 atom stereocenters. The van der Waals surface area contributed by atoms with E-state index in [2.05, 4.69) is 16.0 Å². The molecule has 0 aliphatic carbocycles. The van der Waals surface area contributed by atoms with E-state index >= 15 is 0 Å². The first-order valence-corrected chi connectivity index (χ1v) is 9.96. The maximum absolute atomic E-state index is 11.9. The standard InChI is InChI=1S/C22H33N3O4.Rb/c1-4-11-24-21(27)6-5-12-29-16-22(28)25-15-19-9-7-18(8-10-19)14-20(26)13-17(2)23-3;/h7-10,13H,4-6,11-12,14-16H2,1-3H3,(H3,23,24,25,26,27,28);/q;+1/p-1. The van der Waals surface area contributed by atoms with Crippen LogP contribution in [-0.2, 0) is 32.1 Å². The average Bonchev–Trinajstić information content (AvgIpc) is 2.71. The van der Waals surface area contributed by atoms with E-state index in [1.54, 1.807) is 13.1 Å². The summed E-state index contributed by atoms with van der Waals surface area (Å²) in [6.45, 7) is 5.06. The quantitative estimate of drug-likeness (QED) is 0.276. The van der Waals surface area contributed by atoms with Crippen molar-refractivity contribution in [3.63, 3.8) is 0 Å². The molecule has 2 amide bonds. The third-order valence-electron chi connectivity index (χ3n) is 4.10. The minimum atomic E-state index is -0.327. The molecule has 0 aliphatic rings. The van der Waals surface area contributed by atoms with Gasteiger partial charge in [-0.1, -0.05) is 36.8 Å². The van der Waals surface area contributed by atoms with Crippen molar-refractivity contribution in [1.29, 1.82) is 0 Å². The number of carbonyl (C=O) groups is 3. The molecule has 1 rings (SSSR count). The average molecular weight is 488 g/mol. The maximum Gasteiger partial charge on any atom is 1.00 e. The fourth-order valence-electron chi connectivity index (χ4n) is 2.40. The molecule has 2 N–H and O–H groups in total. The third-order valence-corrected chi connectivity index (χ3v) is 4.10. The van der Waals surface area contributed by atoms with E-state index in [9.17, 15) is 14.4 Å². The molecule has 0 aromatic heterocycles. The third kappa shape index (κ3) is 14.2. The fourth-order valence-corrected chi connectivity index (χ4v) is 2.40. The zero-order valence-electron chi connectivity index (χ0n) is 18.6. The Balaban J connectivity index is 0.00000841. The van der Waals surface area contributed by atoms with Crippen molar-refractivity contribution in [2.75, 3.05) is 26.8 Å². The fraction of sp³-hybridized carbons (Fsp3) is 0.500. The molecular weight excluding hydrogens is 456 g/mol. The number of benzene rings is 1. The van der Waals surface area contributed by atoms with Crippen molar-refractivity contribution in [2.45, 2.75) is 46.1 Å². The predicted molar refractivity (Wildman–Crippen MR) is 113 cm³/mol. The Morgan fingerprint density at radius 2 is 1.80 bits per heavy atom. The van der Waals surface area contributed by atoms with Gasteiger partial charge >= 0.3 is 58.2 Å². The monoisotopic (exact) mass is 487 g/mol. The van der Waals surface area contributed by atoms with E-state index in [4.69, 9.17) is 4.74 Å². The number of allylic oxidation sites excluding steroid dienone is 2. The van der Waals surface area contributed by atoms with Gasteiger partial charge in [-0.05, 0) is 25.3 Å². The molecule has 0 radical (unpaired) electrons. The molecule has 1 aromatic carbocycles. The summed E-state index contributed by atoms with van der Waals surface area (Å²) in [5.41, 5.74) is 2.63. The van der Waals surface area contributed by atoms with Gasteiger partial charge in [0.15, 0.2) is 5.78 Å². The Kier molecular flexibility index (Phi) is 17.3. The second-order valence-corrected chi connectivity index (χ2v) is 6.75. The molecule has 0 bridgehead atoms. The molecule has 0 fully saturated rings. The molecule has 0 aliphatic heterocycles. The number of rotatable bonds is 14. The second kappa shape index (κ2) is 17.8. The van der Waals surface area contributed by atoms with Crippen molar-refractivity contribution in [1.82, 2.24) is 10.6 Å². The molecule has 0 heterocycles. The van der Waals surface area contributed by atoms with E-state index in [-0.39, 0.29) is 88.9 Å². The summed E-state index contributed by atoms with van der Waals surface area (Å²) >= 11 is 0. The van der Waals surface area contributed by atoms with Crippen LogP contribution in [0.1, 0.15) is 44.2 Å². The number of nitrogens with zero attached hydrogens (tertiary/aromatic N) is 1. The molecule has 160 valence electrons. The SMILES string of the molecule is CCCNC(=O)CCCOCC(=O)[N-]Cc1ccc(CC(=O)/C=C(/C)NC)cc1.[Rb+]. The Hall–Kier alpha value is -0.865. The summed E-state index contributed by atoms with van der Waals surface area (Å²) in [5.74, 6) is -0.290. The zero-order valence-corrected chi connectivity index (χ0v) is 23.5. The van der Waals surface area contributed by atoms with Gasteiger partial charge in [0.05, 0.1) is 12.5 Å². The summed E-state index contributed by atoms with van der Waals surface area (Å²) in [6.07, 6.45) is 3.79. The molecule has 7 nitrogen and oxygen atoms in total. The first-order valence-electron chi connectivity index (χ1n) is 9.96. The molecular formula is C22H32N3O4Rb. The van der Waals surface area contributed by atoms with E-state index in [1.165, 1.54) is 0 Å². The predicted octanol–water partition coefficient (Wildman–Crippen LogP) is -0.351. The Morgan fingerprint density at radius 3 is 2.43 bits per heavy atom. The van der Waals surface area contributed by atoms with Crippen LogP contribution >= 0.6 is 0 Å². The molecule has 30 heavy (non-hydrogen) atoms. The number of carbonyl (C=O) groups excluding carboxylic acids is 3. The first-order chi connectivity index (χ1) is 13.9. The number of ketones is 1. The Bertz CT molecular complexity index is 690. The van der Waals surface area contributed by atoms with Crippen LogP contribution < -0.4 is 68.8 Å². The second-order valence-electron chi connectivity index (χ2n) is 6.75. The van der Waals surface area contributed by atoms with Crippen molar-refractivity contribution in [3.05, 3.63) is 52.5 Å². The van der Waals surface area contributed by atoms with Gasteiger partial charge in [-0.2, -0.15) is 0 Å². The minimum Gasteiger partial charge on any atom is -0.648 e. The zero-order chi connectivity index (χ0) is 21.5. The molecule has 0 unspecified atom stereocenters. The largest absolute Gasteiger partial charge is 1.00 e. The number of hydrogen-bond donors (Lipinski definition) is 2. The Labute approximate surface area is 228 Å². The van der Waals surface area contributed by atoms with E-state index < -0.39 is 0 Å². The summed E-state index contributed by atoms with van der Waals surface area (Å²) in [6, 6.07) is 7.47. The van der Waals surface area contributed by atoms with Gasteiger partial charge in [0.25, 0.3) is 0 Å². The minimum absolute atomic E-state index is 0. The molecule has 0 spiro atoms. The number of nitrogens with one attached hydrogen (secondary N) is 2. The molecule has 8 heteroatoms. The van der Waals surface area contributed by atoms with Crippen LogP contribution in [0.15, 0.2) is 36.0 Å². The summed E-state index contributed by atoms with van der Waals surface area (Å²) < 4.78 is 5.27. The van der Waals surface area contributed by atoms with E-state index in [0.29, 0.717) is 32.4 Å². The van der Waals surface area contributed by atoms with Crippen LogP contribution in [0.4, 0.5) is 0 Å². The van der Waals surface area contributed by atoms with Gasteiger partial charge in [-0.25, -0.2) is 0 Å². The van der Waals surface area contributed by atoms with Gasteiger partial charge in [-0.15, -0.1) is 6.54 Å². The summed E-state index contributed by atoms with van der Waals surface area (Å²) in [5, 5.41) is 9.69. The maximum atomic E-state index is 11.9. The van der Waals surface area contributed by atoms with Crippen LogP contribution in [0.25, 0.3) is 5.32 Å². The van der Waals surface area contributed by atoms with E-state index in [1.807, 2.05) is 38.1 Å². The number of amides is 2. The van der Waals surface area contributed by atoms with Gasteiger partial charge in [0, 0.05) is 44.8 Å². The smallest absolute Gasteiger partial charge is 0.648 e.